The number of aromatic hydroxyl groups is 1. The van der Waals surface area contributed by atoms with Crippen molar-refractivity contribution < 1.29 is 9.90 Å². The molecule has 0 aliphatic carbocycles. The molecule has 4 unspecified atom stereocenters. The van der Waals surface area contributed by atoms with Gasteiger partial charge in [-0.2, -0.15) is 15.0 Å². The second-order valence-corrected chi connectivity index (χ2v) is 9.12. The predicted molar refractivity (Wildman–Crippen MR) is 131 cm³/mol. The molecule has 0 radical (unpaired) electrons. The maximum absolute atomic E-state index is 11.3. The molecule has 0 spiro atoms. The molecule has 0 bridgehead atoms. The van der Waals surface area contributed by atoms with Crippen molar-refractivity contribution in [2.75, 3.05) is 46.6 Å². The highest BCUT2D eigenvalue weighted by Gasteiger charge is 2.28. The number of rotatable bonds is 5. The summed E-state index contributed by atoms with van der Waals surface area (Å²) >= 11 is 0. The number of nitrogens with two attached hydrogens (primary N) is 4. The van der Waals surface area contributed by atoms with Crippen LogP contribution in [0.5, 0.6) is 5.75 Å². The van der Waals surface area contributed by atoms with Gasteiger partial charge in [0.2, 0.25) is 23.8 Å². The molecule has 4 rings (SSSR count). The number of amides is 1. The molecule has 1 aromatic heterocycles. The third-order valence-corrected chi connectivity index (χ3v) is 5.77. The number of nitrogens with one attached hydrogen (secondary N) is 2. The number of phenolic OH excluding ortho intramolecular Hbond substituents is 1. The molecule has 2 fully saturated rings. The normalized spacial score (nSPS) is 25.2. The first-order valence-corrected chi connectivity index (χ1v) is 11.3. The van der Waals surface area contributed by atoms with Crippen molar-refractivity contribution in [3.63, 3.8) is 0 Å². The van der Waals surface area contributed by atoms with Crippen molar-refractivity contribution in [1.29, 1.82) is 0 Å². The fourth-order valence-electron chi connectivity index (χ4n) is 4.41. The number of piperidine rings is 2. The van der Waals surface area contributed by atoms with Crippen molar-refractivity contribution in [2.45, 2.75) is 43.9 Å². The first-order chi connectivity index (χ1) is 16.2. The lowest BCUT2D eigenvalue weighted by Crippen LogP contribution is -2.54. The van der Waals surface area contributed by atoms with E-state index >= 15 is 0 Å². The first-order valence-electron chi connectivity index (χ1n) is 11.3. The number of hydrogen-bond acceptors (Lipinski definition) is 12. The predicted octanol–water partition coefficient (Wildman–Crippen LogP) is -0.991. The van der Waals surface area contributed by atoms with Crippen molar-refractivity contribution in [3.05, 3.63) is 18.2 Å². The maximum atomic E-state index is 11.3. The van der Waals surface area contributed by atoms with Gasteiger partial charge < -0.3 is 48.5 Å². The van der Waals surface area contributed by atoms with Crippen molar-refractivity contribution in [2.24, 2.45) is 22.9 Å². The van der Waals surface area contributed by atoms with Crippen LogP contribution in [0.25, 0.3) is 0 Å². The minimum absolute atomic E-state index is 0.0874. The standard InChI is InChI=1S/C21H33N11O2/c1-11(33)26-17-3-2-16(6-18(17)34)27-19-28-20(31-7-12(22)4-13(23)8-31)30-21(29-19)32-9-14(24)5-15(25)10-32/h2-3,6,12-15,34H,4-5,7-10,22-25H2,1H3,(H,26,33)(H,27,28,29,30). The Morgan fingerprint density at radius 3 is 1.85 bits per heavy atom. The lowest BCUT2D eigenvalue weighted by Gasteiger charge is -2.37. The van der Waals surface area contributed by atoms with Gasteiger partial charge in [0.05, 0.1) is 5.69 Å². The Morgan fingerprint density at radius 2 is 1.41 bits per heavy atom. The molecule has 13 heteroatoms. The quantitative estimate of drug-likeness (QED) is 0.262. The van der Waals surface area contributed by atoms with Gasteiger partial charge in [-0.15, -0.1) is 0 Å². The van der Waals surface area contributed by atoms with Crippen molar-refractivity contribution >= 4 is 35.1 Å². The van der Waals surface area contributed by atoms with Crippen LogP contribution in [-0.4, -0.2) is 76.3 Å². The number of anilines is 5. The van der Waals surface area contributed by atoms with Gasteiger partial charge in [0.25, 0.3) is 0 Å². The molecule has 2 aliphatic rings. The van der Waals surface area contributed by atoms with Crippen LogP contribution in [0.15, 0.2) is 18.2 Å². The number of benzene rings is 1. The van der Waals surface area contributed by atoms with Crippen LogP contribution in [0.2, 0.25) is 0 Å². The molecule has 4 atom stereocenters. The second-order valence-electron chi connectivity index (χ2n) is 9.12. The molecule has 1 aromatic carbocycles. The molecule has 34 heavy (non-hydrogen) atoms. The van der Waals surface area contributed by atoms with Gasteiger partial charge in [0, 0.05) is 69.0 Å². The zero-order chi connectivity index (χ0) is 24.4. The zero-order valence-electron chi connectivity index (χ0n) is 19.2. The summed E-state index contributed by atoms with van der Waals surface area (Å²) in [7, 11) is 0. The highest BCUT2D eigenvalue weighted by atomic mass is 16.3. The van der Waals surface area contributed by atoms with Gasteiger partial charge in [-0.3, -0.25) is 4.79 Å². The van der Waals surface area contributed by atoms with E-state index in [2.05, 4.69) is 20.6 Å². The fourth-order valence-corrected chi connectivity index (χ4v) is 4.41. The zero-order valence-corrected chi connectivity index (χ0v) is 19.2. The monoisotopic (exact) mass is 471 g/mol. The molecular formula is C21H33N11O2. The van der Waals surface area contributed by atoms with Crippen LogP contribution in [0.3, 0.4) is 0 Å². The molecule has 2 saturated heterocycles. The number of phenols is 1. The van der Waals surface area contributed by atoms with Crippen LogP contribution in [0, 0.1) is 0 Å². The maximum Gasteiger partial charge on any atom is 0.233 e. The third-order valence-electron chi connectivity index (χ3n) is 5.77. The van der Waals surface area contributed by atoms with E-state index in [0.717, 1.165) is 12.8 Å². The van der Waals surface area contributed by atoms with Crippen LogP contribution in [0.4, 0.5) is 29.2 Å². The molecule has 3 heterocycles. The molecule has 11 N–H and O–H groups in total. The minimum atomic E-state index is -0.279. The average Bonchev–Trinajstić information content (AvgIpc) is 2.74. The Hall–Kier alpha value is -3.26. The van der Waals surface area contributed by atoms with E-state index in [-0.39, 0.29) is 41.8 Å². The largest absolute Gasteiger partial charge is 0.506 e. The average molecular weight is 472 g/mol. The van der Waals surface area contributed by atoms with Crippen LogP contribution >= 0.6 is 0 Å². The highest BCUT2D eigenvalue weighted by molar-refractivity contribution is 5.90. The van der Waals surface area contributed by atoms with Gasteiger partial charge >= 0.3 is 0 Å². The van der Waals surface area contributed by atoms with Gasteiger partial charge in [-0.05, 0) is 25.0 Å². The number of hydrogen-bond donors (Lipinski definition) is 7. The van der Waals surface area contributed by atoms with Crippen LogP contribution < -0.4 is 43.4 Å². The summed E-state index contributed by atoms with van der Waals surface area (Å²) in [5.41, 5.74) is 25.6. The first kappa shape index (κ1) is 23.9. The molecule has 184 valence electrons. The summed E-state index contributed by atoms with van der Waals surface area (Å²) < 4.78 is 0. The fraction of sp³-hybridized carbons (Fsp3) is 0.524. The second kappa shape index (κ2) is 9.93. The number of nitrogens with zero attached hydrogens (tertiary/aromatic N) is 5. The smallest absolute Gasteiger partial charge is 0.233 e. The summed E-state index contributed by atoms with van der Waals surface area (Å²) in [4.78, 5) is 29.1. The Labute approximate surface area is 197 Å². The topological polar surface area (TPSA) is 211 Å². The summed E-state index contributed by atoms with van der Waals surface area (Å²) in [6.45, 7) is 3.66. The van der Waals surface area contributed by atoms with E-state index in [9.17, 15) is 9.90 Å². The Kier molecular flexibility index (Phi) is 6.97. The SMILES string of the molecule is CC(=O)Nc1ccc(Nc2nc(N3CC(N)CC(N)C3)nc(N3CC(N)CC(N)C3)n2)cc1O. The van der Waals surface area contributed by atoms with Gasteiger partial charge in [0.15, 0.2) is 0 Å². The summed E-state index contributed by atoms with van der Waals surface area (Å²) in [5, 5.41) is 16.0. The van der Waals surface area contributed by atoms with E-state index in [1.165, 1.54) is 13.0 Å². The summed E-state index contributed by atoms with van der Waals surface area (Å²) in [6.07, 6.45) is 1.46. The minimum Gasteiger partial charge on any atom is -0.506 e. The van der Waals surface area contributed by atoms with Crippen LogP contribution in [-0.2, 0) is 4.79 Å². The highest BCUT2D eigenvalue weighted by Crippen LogP contribution is 2.29. The van der Waals surface area contributed by atoms with E-state index in [1.54, 1.807) is 12.1 Å². The van der Waals surface area contributed by atoms with Crippen molar-refractivity contribution in [3.8, 4) is 5.75 Å². The molecule has 0 saturated carbocycles. The Morgan fingerprint density at radius 1 is 0.912 bits per heavy atom. The number of carbonyl (C=O) groups is 1. The summed E-state index contributed by atoms with van der Waals surface area (Å²) in [6, 6.07) is 4.42. The van der Waals surface area contributed by atoms with E-state index in [0.29, 0.717) is 49.5 Å². The molecule has 13 nitrogen and oxygen atoms in total. The van der Waals surface area contributed by atoms with Crippen molar-refractivity contribution in [1.82, 2.24) is 15.0 Å². The molecular weight excluding hydrogens is 438 g/mol. The molecule has 2 aliphatic heterocycles. The van der Waals surface area contributed by atoms with E-state index < -0.39 is 0 Å². The Balaban J connectivity index is 1.65. The molecule has 1 amide bonds. The lowest BCUT2D eigenvalue weighted by molar-refractivity contribution is -0.114. The lowest BCUT2D eigenvalue weighted by atomic mass is 10.0. The molecule has 2 aromatic rings. The van der Waals surface area contributed by atoms with E-state index in [4.69, 9.17) is 27.9 Å². The van der Waals surface area contributed by atoms with Gasteiger partial charge in [-0.1, -0.05) is 0 Å². The number of aromatic nitrogens is 3. The Bertz CT molecular complexity index is 972. The third kappa shape index (κ3) is 5.80. The summed E-state index contributed by atoms with van der Waals surface area (Å²) in [5.74, 6) is 0.816. The van der Waals surface area contributed by atoms with E-state index in [1.807, 2.05) is 9.80 Å². The number of carbonyl (C=O) groups excluding carboxylic acids is 1. The van der Waals surface area contributed by atoms with Gasteiger partial charge in [0.1, 0.15) is 5.75 Å². The van der Waals surface area contributed by atoms with Crippen LogP contribution in [0.1, 0.15) is 19.8 Å². The van der Waals surface area contributed by atoms with Gasteiger partial charge in [-0.25, -0.2) is 0 Å².